The molecule has 0 radical (unpaired) electrons. The molecule has 208 valence electrons. The van der Waals surface area contributed by atoms with E-state index in [-0.39, 0.29) is 18.9 Å². The number of amides is 2. The van der Waals surface area contributed by atoms with E-state index in [9.17, 15) is 23.1 Å². The third-order valence-electron chi connectivity index (χ3n) is 7.86. The van der Waals surface area contributed by atoms with Gasteiger partial charge in [0.15, 0.2) is 0 Å². The summed E-state index contributed by atoms with van der Waals surface area (Å²) >= 11 is 0. The van der Waals surface area contributed by atoms with Crippen LogP contribution in [-0.2, 0) is 18.3 Å². The number of likely N-dealkylation sites (tertiary alicyclic amines) is 1. The van der Waals surface area contributed by atoms with Crippen molar-refractivity contribution in [2.75, 3.05) is 26.2 Å². The average Bonchev–Trinajstić information content (AvgIpc) is 3.18. The number of urea groups is 1. The Morgan fingerprint density at radius 2 is 1.68 bits per heavy atom. The molecule has 4 aromatic rings. The molecule has 7 nitrogen and oxygen atoms in total. The van der Waals surface area contributed by atoms with Crippen LogP contribution in [0.2, 0.25) is 0 Å². The number of piperidine rings is 1. The number of carbonyl (C=O) groups is 1. The number of alkyl halides is 3. The molecule has 2 N–H and O–H groups in total. The SMILES string of the molecule is Cc1nc2ccc(-c3ccc4c(c3)CN(C(=O)N3CCC(O)(c5ccc(C(F)(F)F)cc5)CC3)CCO4)cc2[nH]1. The molecule has 3 aromatic carbocycles. The first kappa shape index (κ1) is 26.2. The lowest BCUT2D eigenvalue weighted by atomic mass is 9.84. The Kier molecular flexibility index (Phi) is 6.45. The fourth-order valence-electron chi connectivity index (χ4n) is 5.58. The number of aromatic amines is 1. The zero-order valence-corrected chi connectivity index (χ0v) is 22.0. The van der Waals surface area contributed by atoms with Gasteiger partial charge in [-0.25, -0.2) is 9.78 Å². The first-order valence-corrected chi connectivity index (χ1v) is 13.3. The monoisotopic (exact) mass is 550 g/mol. The zero-order valence-electron chi connectivity index (χ0n) is 22.0. The number of fused-ring (bicyclic) bond motifs is 2. The summed E-state index contributed by atoms with van der Waals surface area (Å²) in [6, 6.07) is 16.5. The number of nitrogens with one attached hydrogen (secondary N) is 1. The number of hydrogen-bond acceptors (Lipinski definition) is 4. The molecular formula is C30H29F3N4O3. The van der Waals surface area contributed by atoms with Gasteiger partial charge in [0.1, 0.15) is 18.2 Å². The lowest BCUT2D eigenvalue weighted by Gasteiger charge is -2.40. The minimum absolute atomic E-state index is 0.148. The lowest BCUT2D eigenvalue weighted by Crippen LogP contribution is -2.50. The molecule has 0 bridgehead atoms. The van der Waals surface area contributed by atoms with Gasteiger partial charge >= 0.3 is 12.2 Å². The molecule has 2 amide bonds. The second-order valence-corrected chi connectivity index (χ2v) is 10.5. The largest absolute Gasteiger partial charge is 0.491 e. The maximum Gasteiger partial charge on any atom is 0.416 e. The molecule has 1 fully saturated rings. The number of imidazole rings is 1. The highest BCUT2D eigenvalue weighted by Gasteiger charge is 2.38. The van der Waals surface area contributed by atoms with E-state index in [0.29, 0.717) is 38.3 Å². The molecule has 10 heteroatoms. The minimum atomic E-state index is -4.43. The fourth-order valence-corrected chi connectivity index (χ4v) is 5.58. The number of H-pyrrole nitrogens is 1. The molecule has 2 aliphatic rings. The highest BCUT2D eigenvalue weighted by molar-refractivity contribution is 5.82. The standard InChI is InChI=1S/C30H29F3N4O3/c1-19-34-25-8-2-21(17-26(25)35-19)20-3-9-27-22(16-20)18-37(14-15-40-27)28(38)36-12-10-29(39,11-13-36)23-4-6-24(7-5-23)30(31,32)33/h2-9,16-17,39H,10-15,18H2,1H3,(H,34,35). The second kappa shape index (κ2) is 9.85. The van der Waals surface area contributed by atoms with Crippen molar-refractivity contribution in [2.45, 2.75) is 38.1 Å². The van der Waals surface area contributed by atoms with Crippen LogP contribution in [0.4, 0.5) is 18.0 Å². The molecule has 0 atom stereocenters. The summed E-state index contributed by atoms with van der Waals surface area (Å²) in [5.41, 5.74) is 3.20. The number of nitrogens with zero attached hydrogens (tertiary/aromatic N) is 3. The lowest BCUT2D eigenvalue weighted by molar-refractivity contribution is -0.137. The topological polar surface area (TPSA) is 81.7 Å². The van der Waals surface area contributed by atoms with Gasteiger partial charge in [-0.3, -0.25) is 0 Å². The smallest absolute Gasteiger partial charge is 0.416 e. The van der Waals surface area contributed by atoms with Crippen molar-refractivity contribution in [2.24, 2.45) is 0 Å². The summed E-state index contributed by atoms with van der Waals surface area (Å²) in [4.78, 5) is 24.7. The van der Waals surface area contributed by atoms with E-state index in [1.807, 2.05) is 37.3 Å². The Hall–Kier alpha value is -4.05. The predicted molar refractivity (Wildman–Crippen MR) is 144 cm³/mol. The molecule has 3 heterocycles. The summed E-state index contributed by atoms with van der Waals surface area (Å²) in [6.45, 7) is 3.67. The van der Waals surface area contributed by atoms with E-state index < -0.39 is 17.3 Å². The fraction of sp³-hybridized carbons (Fsp3) is 0.333. The molecule has 6 rings (SSSR count). The van der Waals surface area contributed by atoms with Crippen molar-refractivity contribution >= 4 is 17.1 Å². The number of carbonyl (C=O) groups excluding carboxylic acids is 1. The van der Waals surface area contributed by atoms with Gasteiger partial charge in [0.2, 0.25) is 0 Å². The van der Waals surface area contributed by atoms with Gasteiger partial charge in [0.05, 0.1) is 35.3 Å². The Bertz CT molecular complexity index is 1560. The van der Waals surface area contributed by atoms with Gasteiger partial charge in [-0.05, 0) is 72.9 Å². The van der Waals surface area contributed by atoms with Crippen molar-refractivity contribution in [3.8, 4) is 16.9 Å². The Morgan fingerprint density at radius 3 is 2.40 bits per heavy atom. The van der Waals surface area contributed by atoms with Crippen LogP contribution < -0.4 is 4.74 Å². The van der Waals surface area contributed by atoms with Gasteiger partial charge in [-0.15, -0.1) is 0 Å². The highest BCUT2D eigenvalue weighted by atomic mass is 19.4. The van der Waals surface area contributed by atoms with E-state index in [2.05, 4.69) is 16.0 Å². The molecular weight excluding hydrogens is 521 g/mol. The molecule has 0 aliphatic carbocycles. The number of rotatable bonds is 2. The first-order chi connectivity index (χ1) is 19.1. The van der Waals surface area contributed by atoms with Crippen molar-refractivity contribution in [3.05, 3.63) is 83.2 Å². The maximum absolute atomic E-state index is 13.5. The van der Waals surface area contributed by atoms with Crippen LogP contribution >= 0.6 is 0 Å². The average molecular weight is 551 g/mol. The van der Waals surface area contributed by atoms with Crippen molar-refractivity contribution in [1.29, 1.82) is 0 Å². The summed E-state index contributed by atoms with van der Waals surface area (Å²) in [5, 5.41) is 11.2. The Balaban J connectivity index is 1.15. The molecule has 0 unspecified atom stereocenters. The van der Waals surface area contributed by atoms with Crippen molar-refractivity contribution in [1.82, 2.24) is 19.8 Å². The number of hydrogen-bond donors (Lipinski definition) is 2. The van der Waals surface area contributed by atoms with Crippen LogP contribution in [0.1, 0.15) is 35.4 Å². The summed E-state index contributed by atoms with van der Waals surface area (Å²) < 4.78 is 44.8. The molecule has 0 saturated carbocycles. The van der Waals surface area contributed by atoms with Crippen molar-refractivity contribution < 1.29 is 27.8 Å². The van der Waals surface area contributed by atoms with E-state index >= 15 is 0 Å². The van der Waals surface area contributed by atoms with Gasteiger partial charge < -0.3 is 24.6 Å². The van der Waals surface area contributed by atoms with E-state index in [0.717, 1.165) is 51.4 Å². The van der Waals surface area contributed by atoms with Gasteiger partial charge in [-0.1, -0.05) is 24.3 Å². The number of aromatic nitrogens is 2. The summed E-state index contributed by atoms with van der Waals surface area (Å²) in [5.74, 6) is 1.60. The maximum atomic E-state index is 13.5. The van der Waals surface area contributed by atoms with Gasteiger partial charge in [-0.2, -0.15) is 13.2 Å². The number of benzene rings is 3. The van der Waals surface area contributed by atoms with E-state index in [1.54, 1.807) is 9.80 Å². The van der Waals surface area contributed by atoms with Crippen LogP contribution in [-0.4, -0.2) is 57.1 Å². The third kappa shape index (κ3) is 4.99. The molecule has 2 aliphatic heterocycles. The zero-order chi connectivity index (χ0) is 28.1. The number of ether oxygens (including phenoxy) is 1. The molecule has 1 saturated heterocycles. The van der Waals surface area contributed by atoms with Crippen LogP contribution in [0.25, 0.3) is 22.2 Å². The van der Waals surface area contributed by atoms with Gasteiger partial charge in [0.25, 0.3) is 0 Å². The van der Waals surface area contributed by atoms with Crippen LogP contribution in [0, 0.1) is 6.92 Å². The molecule has 1 aromatic heterocycles. The third-order valence-corrected chi connectivity index (χ3v) is 7.86. The number of halogens is 3. The van der Waals surface area contributed by atoms with E-state index in [1.165, 1.54) is 12.1 Å². The number of aryl methyl sites for hydroxylation is 1. The molecule has 0 spiro atoms. The van der Waals surface area contributed by atoms with Crippen LogP contribution in [0.5, 0.6) is 5.75 Å². The predicted octanol–water partition coefficient (Wildman–Crippen LogP) is 5.86. The normalized spacial score (nSPS) is 17.3. The Morgan fingerprint density at radius 1 is 0.975 bits per heavy atom. The quantitative estimate of drug-likeness (QED) is 0.328. The second-order valence-electron chi connectivity index (χ2n) is 10.5. The molecule has 40 heavy (non-hydrogen) atoms. The van der Waals surface area contributed by atoms with Gasteiger partial charge in [0, 0.05) is 18.7 Å². The summed E-state index contributed by atoms with van der Waals surface area (Å²) in [7, 11) is 0. The highest BCUT2D eigenvalue weighted by Crippen LogP contribution is 2.36. The van der Waals surface area contributed by atoms with Crippen LogP contribution in [0.15, 0.2) is 60.7 Å². The minimum Gasteiger partial charge on any atom is -0.491 e. The van der Waals surface area contributed by atoms with Crippen molar-refractivity contribution in [3.63, 3.8) is 0 Å². The first-order valence-electron chi connectivity index (χ1n) is 13.3. The van der Waals surface area contributed by atoms with E-state index in [4.69, 9.17) is 4.74 Å². The summed E-state index contributed by atoms with van der Waals surface area (Å²) in [6.07, 6.45) is -3.95. The van der Waals surface area contributed by atoms with Crippen LogP contribution in [0.3, 0.4) is 0 Å². The Labute approximate surface area is 229 Å². The number of aliphatic hydroxyl groups is 1.